The number of hydrogen-bond acceptors (Lipinski definition) is 3. The van der Waals surface area contributed by atoms with Crippen LogP contribution in [0.3, 0.4) is 0 Å². The lowest BCUT2D eigenvalue weighted by Crippen LogP contribution is -2.03. The first kappa shape index (κ1) is 19.4. The lowest BCUT2D eigenvalue weighted by atomic mass is 9.84. The first-order chi connectivity index (χ1) is 15.4. The molecular formula is C27H26N4. The van der Waals surface area contributed by atoms with E-state index in [4.69, 9.17) is 4.98 Å². The first-order valence-corrected chi connectivity index (χ1v) is 11.1. The molecule has 5 rings (SSSR count). The van der Waals surface area contributed by atoms with Crippen molar-refractivity contribution in [3.8, 4) is 22.5 Å². The summed E-state index contributed by atoms with van der Waals surface area (Å²) in [5.41, 5.74) is 6.23. The number of hydrogen-bond donors (Lipinski definition) is 1. The minimum atomic E-state index is 0.508. The van der Waals surface area contributed by atoms with Crippen molar-refractivity contribution < 1.29 is 0 Å². The summed E-state index contributed by atoms with van der Waals surface area (Å²) in [5, 5.41) is 8.85. The van der Waals surface area contributed by atoms with Crippen molar-refractivity contribution in [2.24, 2.45) is 10.2 Å². The van der Waals surface area contributed by atoms with Gasteiger partial charge < -0.3 is 4.98 Å². The molecule has 1 aromatic heterocycles. The molecule has 0 radical (unpaired) electrons. The molecular weight excluding hydrogens is 380 g/mol. The van der Waals surface area contributed by atoms with Gasteiger partial charge in [0, 0.05) is 11.1 Å². The Morgan fingerprint density at radius 1 is 0.677 bits per heavy atom. The molecule has 1 saturated carbocycles. The van der Waals surface area contributed by atoms with Gasteiger partial charge in [-0.05, 0) is 36.5 Å². The van der Waals surface area contributed by atoms with Gasteiger partial charge in [0.1, 0.15) is 0 Å². The molecule has 31 heavy (non-hydrogen) atoms. The number of H-pyrrole nitrogens is 1. The molecule has 0 bridgehead atoms. The molecule has 0 atom stereocenters. The van der Waals surface area contributed by atoms with Gasteiger partial charge in [-0.3, -0.25) is 0 Å². The highest BCUT2D eigenvalue weighted by atomic mass is 15.2. The second-order valence-corrected chi connectivity index (χ2v) is 8.14. The molecule has 1 N–H and O–H groups in total. The fourth-order valence-electron chi connectivity index (χ4n) is 4.38. The zero-order chi connectivity index (χ0) is 20.9. The van der Waals surface area contributed by atoms with Gasteiger partial charge in [0.15, 0.2) is 0 Å². The predicted octanol–water partition coefficient (Wildman–Crippen LogP) is 8.21. The van der Waals surface area contributed by atoms with Crippen molar-refractivity contribution in [2.45, 2.75) is 38.0 Å². The van der Waals surface area contributed by atoms with Crippen LogP contribution in [-0.2, 0) is 0 Å². The van der Waals surface area contributed by atoms with Crippen molar-refractivity contribution in [2.75, 3.05) is 0 Å². The fourth-order valence-corrected chi connectivity index (χ4v) is 4.38. The fraction of sp³-hybridized carbons (Fsp3) is 0.222. The maximum atomic E-state index is 4.75. The predicted molar refractivity (Wildman–Crippen MR) is 126 cm³/mol. The Morgan fingerprint density at radius 2 is 1.32 bits per heavy atom. The molecule has 1 aliphatic carbocycles. The molecule has 1 fully saturated rings. The summed E-state index contributed by atoms with van der Waals surface area (Å²) in [7, 11) is 0. The Morgan fingerprint density at radius 3 is 2.00 bits per heavy atom. The minimum Gasteiger partial charge on any atom is -0.320 e. The number of aromatic nitrogens is 2. The van der Waals surface area contributed by atoms with Gasteiger partial charge in [-0.2, -0.15) is 0 Å². The molecule has 1 aliphatic rings. The quantitative estimate of drug-likeness (QED) is 0.334. The summed E-state index contributed by atoms with van der Waals surface area (Å²) in [4.78, 5) is 8.11. The third-order valence-corrected chi connectivity index (χ3v) is 6.03. The topological polar surface area (TPSA) is 53.4 Å². The number of azo groups is 1. The molecule has 1 heterocycles. The van der Waals surface area contributed by atoms with Crippen molar-refractivity contribution in [3.63, 3.8) is 0 Å². The lowest BCUT2D eigenvalue weighted by molar-refractivity contribution is 0.443. The number of nitrogens with one attached hydrogen (secondary N) is 1. The molecule has 4 nitrogen and oxygen atoms in total. The van der Waals surface area contributed by atoms with Gasteiger partial charge in [0.05, 0.1) is 17.1 Å². The summed E-state index contributed by atoms with van der Waals surface area (Å²) < 4.78 is 0. The van der Waals surface area contributed by atoms with E-state index in [2.05, 4.69) is 63.7 Å². The molecule has 154 valence electrons. The molecule has 0 unspecified atom stereocenters. The van der Waals surface area contributed by atoms with Gasteiger partial charge in [0.2, 0.25) is 5.95 Å². The van der Waals surface area contributed by atoms with Crippen molar-refractivity contribution in [1.82, 2.24) is 9.97 Å². The standard InChI is InChI=1S/C27H26N4/c1-4-10-20(11-5-1)21-16-18-24(19-17-21)30-31-27-28-25(22-12-6-2-7-13-22)26(29-27)23-14-8-3-9-15-23/h2-3,6-9,12-20H,1,4-5,10-11H2,(H,28,29). The second-order valence-electron chi connectivity index (χ2n) is 8.14. The Labute approximate surface area is 183 Å². The van der Waals surface area contributed by atoms with Gasteiger partial charge in [-0.1, -0.05) is 92.1 Å². The van der Waals surface area contributed by atoms with Crippen LogP contribution in [0.1, 0.15) is 43.6 Å². The van der Waals surface area contributed by atoms with Gasteiger partial charge >= 0.3 is 0 Å². The van der Waals surface area contributed by atoms with Crippen LogP contribution in [0.25, 0.3) is 22.5 Å². The van der Waals surface area contributed by atoms with Crippen molar-refractivity contribution >= 4 is 11.6 Å². The van der Waals surface area contributed by atoms with E-state index >= 15 is 0 Å². The Balaban J connectivity index is 1.41. The Hall–Kier alpha value is -3.53. The highest BCUT2D eigenvalue weighted by molar-refractivity contribution is 5.79. The van der Waals surface area contributed by atoms with E-state index in [1.165, 1.54) is 37.7 Å². The number of rotatable bonds is 5. The van der Waals surface area contributed by atoms with E-state index in [9.17, 15) is 0 Å². The van der Waals surface area contributed by atoms with Crippen molar-refractivity contribution in [3.05, 3.63) is 90.5 Å². The number of imidazole rings is 1. The van der Waals surface area contributed by atoms with Crippen LogP contribution >= 0.6 is 0 Å². The van der Waals surface area contributed by atoms with Gasteiger partial charge in [-0.25, -0.2) is 4.98 Å². The van der Waals surface area contributed by atoms with Crippen LogP contribution in [0.4, 0.5) is 11.6 Å². The normalized spacial score (nSPS) is 14.8. The third kappa shape index (κ3) is 4.48. The van der Waals surface area contributed by atoms with Crippen LogP contribution in [0.15, 0.2) is 95.2 Å². The molecule has 0 spiro atoms. The van der Waals surface area contributed by atoms with E-state index in [0.29, 0.717) is 11.9 Å². The average molecular weight is 407 g/mol. The van der Waals surface area contributed by atoms with E-state index in [1.54, 1.807) is 0 Å². The average Bonchev–Trinajstić information content (AvgIpc) is 3.29. The Kier molecular flexibility index (Phi) is 5.70. The van der Waals surface area contributed by atoms with Gasteiger partial charge in [-0.15, -0.1) is 10.2 Å². The molecule has 0 saturated heterocycles. The zero-order valence-electron chi connectivity index (χ0n) is 17.5. The maximum absolute atomic E-state index is 4.75. The lowest BCUT2D eigenvalue weighted by Gasteiger charge is -2.21. The minimum absolute atomic E-state index is 0.508. The smallest absolute Gasteiger partial charge is 0.247 e. The summed E-state index contributed by atoms with van der Waals surface area (Å²) in [5.74, 6) is 1.21. The molecule has 0 aliphatic heterocycles. The molecule has 4 aromatic rings. The third-order valence-electron chi connectivity index (χ3n) is 6.03. The number of aromatic amines is 1. The summed E-state index contributed by atoms with van der Waals surface area (Å²) >= 11 is 0. The van der Waals surface area contributed by atoms with E-state index in [1.807, 2.05) is 36.4 Å². The van der Waals surface area contributed by atoms with E-state index in [0.717, 1.165) is 28.2 Å². The van der Waals surface area contributed by atoms with Crippen LogP contribution < -0.4 is 0 Å². The summed E-state index contributed by atoms with van der Waals surface area (Å²) in [6, 6.07) is 28.9. The highest BCUT2D eigenvalue weighted by Crippen LogP contribution is 2.34. The van der Waals surface area contributed by atoms with Crippen LogP contribution in [-0.4, -0.2) is 9.97 Å². The SMILES string of the molecule is c1ccc(-c2nc(N=Nc3ccc(C4CCCCC4)cc3)[nH]c2-c2ccccc2)cc1. The highest BCUT2D eigenvalue weighted by Gasteiger charge is 2.16. The van der Waals surface area contributed by atoms with Crippen LogP contribution in [0.2, 0.25) is 0 Å². The zero-order valence-corrected chi connectivity index (χ0v) is 17.5. The summed E-state index contributed by atoms with van der Waals surface area (Å²) in [6.45, 7) is 0. The largest absolute Gasteiger partial charge is 0.320 e. The van der Waals surface area contributed by atoms with E-state index < -0.39 is 0 Å². The van der Waals surface area contributed by atoms with E-state index in [-0.39, 0.29) is 0 Å². The number of benzene rings is 3. The molecule has 4 heteroatoms. The Bertz CT molecular complexity index is 1080. The molecule has 3 aromatic carbocycles. The second kappa shape index (κ2) is 9.09. The van der Waals surface area contributed by atoms with Crippen LogP contribution in [0, 0.1) is 0 Å². The molecule has 0 amide bonds. The van der Waals surface area contributed by atoms with Crippen LogP contribution in [0.5, 0.6) is 0 Å². The van der Waals surface area contributed by atoms with Crippen molar-refractivity contribution in [1.29, 1.82) is 0 Å². The number of nitrogens with zero attached hydrogens (tertiary/aromatic N) is 3. The first-order valence-electron chi connectivity index (χ1n) is 11.1. The van der Waals surface area contributed by atoms with Gasteiger partial charge in [0.25, 0.3) is 0 Å². The monoisotopic (exact) mass is 406 g/mol. The summed E-state index contributed by atoms with van der Waals surface area (Å²) in [6.07, 6.45) is 6.67. The maximum Gasteiger partial charge on any atom is 0.247 e.